The minimum atomic E-state index is -0.260. The molecule has 2 rings (SSSR count). The largest absolute Gasteiger partial charge is 0.466 e. The van der Waals surface area contributed by atoms with Gasteiger partial charge in [0.15, 0.2) is 0 Å². The molecule has 1 aromatic carbocycles. The number of hydrogen-bond donors (Lipinski definition) is 1. The van der Waals surface area contributed by atoms with E-state index in [0.717, 1.165) is 5.69 Å². The Hall–Kier alpha value is -2.63. The van der Waals surface area contributed by atoms with Gasteiger partial charge in [0.25, 0.3) is 0 Å². The van der Waals surface area contributed by atoms with Gasteiger partial charge in [-0.2, -0.15) is 0 Å². The highest BCUT2D eigenvalue weighted by Gasteiger charge is 2.17. The Bertz CT molecular complexity index is 694. The van der Waals surface area contributed by atoms with Crippen LogP contribution in [0.1, 0.15) is 51.6 Å². The predicted molar refractivity (Wildman–Crippen MR) is 101 cm³/mol. The zero-order chi connectivity index (χ0) is 18.9. The van der Waals surface area contributed by atoms with Gasteiger partial charge in [0, 0.05) is 30.9 Å². The number of rotatable bonds is 9. The molecule has 1 N–H and O–H groups in total. The van der Waals surface area contributed by atoms with E-state index in [4.69, 9.17) is 4.74 Å². The number of anilines is 1. The van der Waals surface area contributed by atoms with Gasteiger partial charge in [0.05, 0.1) is 19.0 Å². The van der Waals surface area contributed by atoms with Crippen LogP contribution in [0.3, 0.4) is 0 Å². The van der Waals surface area contributed by atoms with E-state index >= 15 is 0 Å². The summed E-state index contributed by atoms with van der Waals surface area (Å²) < 4.78 is 6.94. The lowest BCUT2D eigenvalue weighted by Crippen LogP contribution is -2.16. The SMILES string of the molecule is CCOC(=O)CCCC(=O)Nc1ccc(C(C(C)C)n2ccnc2)cc1. The van der Waals surface area contributed by atoms with Crippen LogP contribution in [0.2, 0.25) is 0 Å². The van der Waals surface area contributed by atoms with Crippen LogP contribution >= 0.6 is 0 Å². The van der Waals surface area contributed by atoms with Crippen LogP contribution in [0.15, 0.2) is 43.0 Å². The molecule has 0 aliphatic carbocycles. The normalized spacial score (nSPS) is 12.0. The molecule has 1 aromatic heterocycles. The van der Waals surface area contributed by atoms with Crippen LogP contribution in [0.5, 0.6) is 0 Å². The number of esters is 1. The Morgan fingerprint density at radius 3 is 2.50 bits per heavy atom. The van der Waals surface area contributed by atoms with Crippen LogP contribution < -0.4 is 5.32 Å². The van der Waals surface area contributed by atoms with E-state index in [0.29, 0.717) is 25.4 Å². The maximum absolute atomic E-state index is 12.0. The minimum Gasteiger partial charge on any atom is -0.466 e. The van der Waals surface area contributed by atoms with Crippen LogP contribution in [-0.4, -0.2) is 28.0 Å². The van der Waals surface area contributed by atoms with Crippen LogP contribution in [-0.2, 0) is 14.3 Å². The van der Waals surface area contributed by atoms with E-state index in [1.165, 1.54) is 5.56 Å². The molecular formula is C20H27N3O3. The second-order valence-electron chi connectivity index (χ2n) is 6.53. The molecule has 1 atom stereocenters. The first-order chi connectivity index (χ1) is 12.5. The highest BCUT2D eigenvalue weighted by atomic mass is 16.5. The van der Waals surface area contributed by atoms with Crippen molar-refractivity contribution in [1.82, 2.24) is 9.55 Å². The summed E-state index contributed by atoms with van der Waals surface area (Å²) >= 11 is 0. The van der Waals surface area contributed by atoms with E-state index in [2.05, 4.69) is 28.7 Å². The van der Waals surface area contributed by atoms with Crippen LogP contribution in [0, 0.1) is 5.92 Å². The standard InChI is InChI=1S/C20H27N3O3/c1-4-26-19(25)7-5-6-18(24)22-17-10-8-16(9-11-17)20(15(2)3)23-13-12-21-14-23/h8-15,20H,4-7H2,1-3H3,(H,22,24). The lowest BCUT2D eigenvalue weighted by Gasteiger charge is -2.23. The van der Waals surface area contributed by atoms with E-state index in [9.17, 15) is 9.59 Å². The third kappa shape index (κ3) is 5.72. The molecule has 6 heteroatoms. The average molecular weight is 357 g/mol. The van der Waals surface area contributed by atoms with Gasteiger partial charge >= 0.3 is 5.97 Å². The van der Waals surface area contributed by atoms with Gasteiger partial charge in [-0.25, -0.2) is 4.98 Å². The Morgan fingerprint density at radius 1 is 1.19 bits per heavy atom. The first-order valence-electron chi connectivity index (χ1n) is 9.04. The molecule has 1 amide bonds. The molecule has 0 saturated heterocycles. The van der Waals surface area contributed by atoms with E-state index in [1.807, 2.05) is 36.8 Å². The summed E-state index contributed by atoms with van der Waals surface area (Å²) in [6.45, 7) is 6.48. The summed E-state index contributed by atoms with van der Waals surface area (Å²) in [5.74, 6) is 0.0495. The zero-order valence-corrected chi connectivity index (χ0v) is 15.6. The van der Waals surface area contributed by atoms with Crippen LogP contribution in [0.25, 0.3) is 0 Å². The lowest BCUT2D eigenvalue weighted by molar-refractivity contribution is -0.143. The molecule has 26 heavy (non-hydrogen) atoms. The van der Waals surface area contributed by atoms with Crippen molar-refractivity contribution >= 4 is 17.6 Å². The summed E-state index contributed by atoms with van der Waals surface area (Å²) in [5, 5.41) is 2.87. The molecule has 0 radical (unpaired) electrons. The number of carbonyl (C=O) groups excluding carboxylic acids is 2. The van der Waals surface area contributed by atoms with E-state index in [1.54, 1.807) is 13.1 Å². The number of benzene rings is 1. The van der Waals surface area contributed by atoms with Crippen molar-refractivity contribution in [3.8, 4) is 0 Å². The molecule has 2 aromatic rings. The van der Waals surface area contributed by atoms with Crippen molar-refractivity contribution in [1.29, 1.82) is 0 Å². The number of amides is 1. The fourth-order valence-corrected chi connectivity index (χ4v) is 2.95. The second-order valence-corrected chi connectivity index (χ2v) is 6.53. The first kappa shape index (κ1) is 19.7. The maximum atomic E-state index is 12.0. The third-order valence-electron chi connectivity index (χ3n) is 4.10. The molecule has 1 heterocycles. The molecule has 6 nitrogen and oxygen atoms in total. The van der Waals surface area contributed by atoms with Gasteiger partial charge in [0.1, 0.15) is 0 Å². The second kappa shape index (κ2) is 9.75. The van der Waals surface area contributed by atoms with E-state index < -0.39 is 0 Å². The van der Waals surface area contributed by atoms with E-state index in [-0.39, 0.29) is 24.3 Å². The van der Waals surface area contributed by atoms with Gasteiger partial charge in [-0.05, 0) is 37.0 Å². The number of carbonyl (C=O) groups is 2. The predicted octanol–water partition coefficient (Wildman–Crippen LogP) is 3.80. The van der Waals surface area contributed by atoms with Crippen molar-refractivity contribution in [3.05, 3.63) is 48.5 Å². The monoisotopic (exact) mass is 357 g/mol. The summed E-state index contributed by atoms with van der Waals surface area (Å²) in [4.78, 5) is 27.4. The molecular weight excluding hydrogens is 330 g/mol. The Kier molecular flexibility index (Phi) is 7.38. The van der Waals surface area contributed by atoms with Gasteiger partial charge in [-0.15, -0.1) is 0 Å². The lowest BCUT2D eigenvalue weighted by atomic mass is 9.95. The van der Waals surface area contributed by atoms with Crippen LogP contribution in [0.4, 0.5) is 5.69 Å². The van der Waals surface area contributed by atoms with Gasteiger partial charge in [-0.3, -0.25) is 9.59 Å². The number of hydrogen-bond acceptors (Lipinski definition) is 4. The van der Waals surface area contributed by atoms with Crippen molar-refractivity contribution in [2.24, 2.45) is 5.92 Å². The number of ether oxygens (including phenoxy) is 1. The summed E-state index contributed by atoms with van der Waals surface area (Å²) in [6.07, 6.45) is 6.61. The zero-order valence-electron chi connectivity index (χ0n) is 15.6. The number of aromatic nitrogens is 2. The molecule has 140 valence electrons. The summed E-state index contributed by atoms with van der Waals surface area (Å²) in [6, 6.07) is 8.07. The quantitative estimate of drug-likeness (QED) is 0.693. The minimum absolute atomic E-state index is 0.0999. The van der Waals surface area contributed by atoms with Gasteiger partial charge in [0.2, 0.25) is 5.91 Å². The molecule has 0 aliphatic rings. The summed E-state index contributed by atoms with van der Waals surface area (Å²) in [5.41, 5.74) is 1.92. The number of imidazole rings is 1. The molecule has 0 bridgehead atoms. The number of nitrogens with one attached hydrogen (secondary N) is 1. The maximum Gasteiger partial charge on any atom is 0.305 e. The fourth-order valence-electron chi connectivity index (χ4n) is 2.95. The van der Waals surface area contributed by atoms with Crippen molar-refractivity contribution in [3.63, 3.8) is 0 Å². The summed E-state index contributed by atoms with van der Waals surface area (Å²) in [7, 11) is 0. The van der Waals surface area contributed by atoms with Gasteiger partial charge in [-0.1, -0.05) is 26.0 Å². The third-order valence-corrected chi connectivity index (χ3v) is 4.10. The number of nitrogens with zero attached hydrogens (tertiary/aromatic N) is 2. The highest BCUT2D eigenvalue weighted by Crippen LogP contribution is 2.27. The topological polar surface area (TPSA) is 73.2 Å². The average Bonchev–Trinajstić information content (AvgIpc) is 3.10. The molecule has 0 saturated carbocycles. The Morgan fingerprint density at radius 2 is 1.92 bits per heavy atom. The Labute approximate surface area is 154 Å². The van der Waals surface area contributed by atoms with Crippen molar-refractivity contribution < 1.29 is 14.3 Å². The molecule has 1 unspecified atom stereocenters. The smallest absolute Gasteiger partial charge is 0.305 e. The molecule has 0 spiro atoms. The van der Waals surface area contributed by atoms with Crippen molar-refractivity contribution in [2.45, 2.75) is 46.1 Å². The fraction of sp³-hybridized carbons (Fsp3) is 0.450. The van der Waals surface area contributed by atoms with Gasteiger partial charge < -0.3 is 14.6 Å². The highest BCUT2D eigenvalue weighted by molar-refractivity contribution is 5.90. The Balaban J connectivity index is 1.90. The molecule has 0 aliphatic heterocycles. The van der Waals surface area contributed by atoms with Crippen molar-refractivity contribution in [2.75, 3.05) is 11.9 Å². The first-order valence-corrected chi connectivity index (χ1v) is 9.04. The molecule has 0 fully saturated rings.